The zero-order valence-electron chi connectivity index (χ0n) is 10.2. The smallest absolute Gasteiger partial charge is 0.334 e. The number of methoxy groups -OCH3 is 2. The summed E-state index contributed by atoms with van der Waals surface area (Å²) in [6.07, 6.45) is 0.956. The lowest BCUT2D eigenvalue weighted by Crippen LogP contribution is -2.21. The first-order chi connectivity index (χ1) is 8.17. The number of ether oxygens (including phenoxy) is 2. The highest BCUT2D eigenvalue weighted by molar-refractivity contribution is 5.74. The Morgan fingerprint density at radius 3 is 2.47 bits per heavy atom. The molecule has 0 saturated carbocycles. The predicted molar refractivity (Wildman–Crippen MR) is 64.0 cm³/mol. The lowest BCUT2D eigenvalue weighted by Gasteiger charge is -2.08. The van der Waals surface area contributed by atoms with Gasteiger partial charge in [0.2, 0.25) is 0 Å². The molecule has 0 amide bonds. The van der Waals surface area contributed by atoms with Crippen molar-refractivity contribution in [2.45, 2.75) is 25.4 Å². The first-order valence-corrected chi connectivity index (χ1v) is 5.56. The lowest BCUT2D eigenvalue weighted by atomic mass is 10.1. The van der Waals surface area contributed by atoms with E-state index in [9.17, 15) is 9.90 Å². The Balaban J connectivity index is 2.33. The zero-order chi connectivity index (χ0) is 12.7. The number of benzene rings is 1. The predicted octanol–water partition coefficient (Wildman–Crippen LogP) is 1.55. The molecule has 1 atom stereocenters. The molecule has 0 fully saturated rings. The minimum Gasteiger partial charge on any atom is -0.497 e. The molecule has 1 aromatic rings. The van der Waals surface area contributed by atoms with Crippen LogP contribution in [0.25, 0.3) is 0 Å². The molecule has 94 valence electrons. The van der Waals surface area contributed by atoms with E-state index in [-0.39, 0.29) is 0 Å². The van der Waals surface area contributed by atoms with E-state index in [2.05, 4.69) is 4.74 Å². The van der Waals surface area contributed by atoms with Crippen molar-refractivity contribution in [1.29, 1.82) is 0 Å². The van der Waals surface area contributed by atoms with Gasteiger partial charge in [0.05, 0.1) is 14.2 Å². The highest BCUT2D eigenvalue weighted by Crippen LogP contribution is 2.13. The third kappa shape index (κ3) is 4.44. The Labute approximate surface area is 101 Å². The van der Waals surface area contributed by atoms with Crippen LogP contribution in [0, 0.1) is 0 Å². The van der Waals surface area contributed by atoms with Crippen molar-refractivity contribution in [2.75, 3.05) is 14.2 Å². The molecule has 4 nitrogen and oxygen atoms in total. The van der Waals surface area contributed by atoms with Gasteiger partial charge in [0, 0.05) is 0 Å². The van der Waals surface area contributed by atoms with Gasteiger partial charge in [-0.15, -0.1) is 0 Å². The Hall–Kier alpha value is -1.55. The molecule has 1 aromatic carbocycles. The number of hydrogen-bond donors (Lipinski definition) is 1. The summed E-state index contributed by atoms with van der Waals surface area (Å²) in [5.74, 6) is 0.253. The van der Waals surface area contributed by atoms with Gasteiger partial charge in [0.15, 0.2) is 6.10 Å². The fourth-order valence-corrected chi connectivity index (χ4v) is 1.55. The summed E-state index contributed by atoms with van der Waals surface area (Å²) in [5, 5.41) is 9.38. The maximum atomic E-state index is 10.9. The molecule has 0 heterocycles. The summed E-state index contributed by atoms with van der Waals surface area (Å²) in [4.78, 5) is 10.9. The second-order valence-electron chi connectivity index (χ2n) is 3.78. The van der Waals surface area contributed by atoms with Crippen molar-refractivity contribution < 1.29 is 19.4 Å². The number of carbonyl (C=O) groups is 1. The Morgan fingerprint density at radius 2 is 1.94 bits per heavy atom. The molecular formula is C13H18O4. The van der Waals surface area contributed by atoms with Crippen molar-refractivity contribution in [3.8, 4) is 5.75 Å². The van der Waals surface area contributed by atoms with Crippen LogP contribution in [-0.4, -0.2) is 31.4 Å². The van der Waals surface area contributed by atoms with Crippen LogP contribution in [0.3, 0.4) is 0 Å². The molecule has 0 aliphatic carbocycles. The maximum Gasteiger partial charge on any atom is 0.334 e. The van der Waals surface area contributed by atoms with Gasteiger partial charge in [-0.3, -0.25) is 0 Å². The van der Waals surface area contributed by atoms with E-state index in [1.165, 1.54) is 7.11 Å². The van der Waals surface area contributed by atoms with Crippen molar-refractivity contribution in [3.05, 3.63) is 29.8 Å². The van der Waals surface area contributed by atoms with Crippen molar-refractivity contribution >= 4 is 5.97 Å². The van der Waals surface area contributed by atoms with Gasteiger partial charge in [0.1, 0.15) is 5.75 Å². The third-order valence-corrected chi connectivity index (χ3v) is 2.58. The van der Waals surface area contributed by atoms with Gasteiger partial charge in [-0.2, -0.15) is 0 Å². The first kappa shape index (κ1) is 13.5. The summed E-state index contributed by atoms with van der Waals surface area (Å²) in [7, 11) is 2.90. The number of aliphatic hydroxyl groups is 1. The second kappa shape index (κ2) is 6.91. The van der Waals surface area contributed by atoms with Crippen molar-refractivity contribution in [3.63, 3.8) is 0 Å². The molecule has 0 aliphatic rings. The van der Waals surface area contributed by atoms with E-state index in [1.54, 1.807) is 7.11 Å². The lowest BCUT2D eigenvalue weighted by molar-refractivity contribution is -0.150. The van der Waals surface area contributed by atoms with Gasteiger partial charge < -0.3 is 14.6 Å². The highest BCUT2D eigenvalue weighted by atomic mass is 16.5. The van der Waals surface area contributed by atoms with Crippen LogP contribution >= 0.6 is 0 Å². The summed E-state index contributed by atoms with van der Waals surface area (Å²) in [6.45, 7) is 0. The quantitative estimate of drug-likeness (QED) is 0.764. The molecule has 0 saturated heterocycles. The van der Waals surface area contributed by atoms with Crippen LogP contribution in [-0.2, 0) is 16.0 Å². The molecule has 0 unspecified atom stereocenters. The van der Waals surface area contributed by atoms with Gasteiger partial charge in [-0.25, -0.2) is 4.79 Å². The fourth-order valence-electron chi connectivity index (χ4n) is 1.55. The van der Waals surface area contributed by atoms with E-state index < -0.39 is 12.1 Å². The summed E-state index contributed by atoms with van der Waals surface area (Å²) in [5.41, 5.74) is 1.16. The van der Waals surface area contributed by atoms with Crippen LogP contribution in [0.2, 0.25) is 0 Å². The van der Waals surface area contributed by atoms with Gasteiger partial charge in [-0.1, -0.05) is 12.1 Å². The van der Waals surface area contributed by atoms with Gasteiger partial charge in [-0.05, 0) is 37.0 Å². The molecule has 0 aromatic heterocycles. The summed E-state index contributed by atoms with van der Waals surface area (Å²) >= 11 is 0. The second-order valence-corrected chi connectivity index (χ2v) is 3.78. The largest absolute Gasteiger partial charge is 0.497 e. The van der Waals surface area contributed by atoms with Crippen LogP contribution in [0.15, 0.2) is 24.3 Å². The number of aliphatic hydroxyl groups excluding tert-OH is 1. The first-order valence-electron chi connectivity index (χ1n) is 5.56. The van der Waals surface area contributed by atoms with E-state index in [0.717, 1.165) is 24.2 Å². The van der Waals surface area contributed by atoms with E-state index in [1.807, 2.05) is 24.3 Å². The number of rotatable bonds is 6. The Kier molecular flexibility index (Phi) is 5.49. The van der Waals surface area contributed by atoms with Crippen molar-refractivity contribution in [2.24, 2.45) is 0 Å². The molecule has 1 rings (SSSR count). The highest BCUT2D eigenvalue weighted by Gasteiger charge is 2.14. The van der Waals surface area contributed by atoms with Crippen molar-refractivity contribution in [1.82, 2.24) is 0 Å². The minimum atomic E-state index is -1.02. The van der Waals surface area contributed by atoms with Gasteiger partial charge >= 0.3 is 5.97 Å². The summed E-state index contributed by atoms with van der Waals surface area (Å²) < 4.78 is 9.50. The normalized spacial score (nSPS) is 11.9. The maximum absolute atomic E-state index is 10.9. The SMILES string of the molecule is COC(=O)[C@H](O)CCCc1ccc(OC)cc1. The Morgan fingerprint density at radius 1 is 1.29 bits per heavy atom. The fraction of sp³-hybridized carbons (Fsp3) is 0.462. The van der Waals surface area contributed by atoms with Crippen LogP contribution < -0.4 is 4.74 Å². The van der Waals surface area contributed by atoms with E-state index in [0.29, 0.717) is 6.42 Å². The number of aryl methyl sites for hydroxylation is 1. The number of hydrogen-bond acceptors (Lipinski definition) is 4. The Bertz CT molecular complexity index is 345. The molecule has 0 bridgehead atoms. The minimum absolute atomic E-state index is 0.415. The molecule has 0 spiro atoms. The van der Waals surface area contributed by atoms with Crippen LogP contribution in [0.1, 0.15) is 18.4 Å². The molecular weight excluding hydrogens is 220 g/mol. The van der Waals surface area contributed by atoms with E-state index >= 15 is 0 Å². The van der Waals surface area contributed by atoms with Crippen LogP contribution in [0.5, 0.6) is 5.75 Å². The molecule has 0 aliphatic heterocycles. The monoisotopic (exact) mass is 238 g/mol. The summed E-state index contributed by atoms with van der Waals surface area (Å²) in [6, 6.07) is 7.74. The molecule has 0 radical (unpaired) electrons. The van der Waals surface area contributed by atoms with Crippen LogP contribution in [0.4, 0.5) is 0 Å². The molecule has 1 N–H and O–H groups in total. The third-order valence-electron chi connectivity index (χ3n) is 2.58. The van der Waals surface area contributed by atoms with Gasteiger partial charge in [0.25, 0.3) is 0 Å². The average molecular weight is 238 g/mol. The molecule has 17 heavy (non-hydrogen) atoms. The number of esters is 1. The van der Waals surface area contributed by atoms with E-state index in [4.69, 9.17) is 4.74 Å². The zero-order valence-corrected chi connectivity index (χ0v) is 10.2. The standard InChI is InChI=1S/C13H18O4/c1-16-11-8-6-10(7-9-11)4-3-5-12(14)13(15)17-2/h6-9,12,14H,3-5H2,1-2H3/t12-/m1/s1. The molecule has 4 heteroatoms. The average Bonchev–Trinajstić information content (AvgIpc) is 2.38. The number of carbonyl (C=O) groups excluding carboxylic acids is 1. The topological polar surface area (TPSA) is 55.8 Å².